The maximum absolute atomic E-state index is 13.6. The molecule has 1 aliphatic heterocycles. The number of nitrogens with two attached hydrogens (primary N) is 1. The van der Waals surface area contributed by atoms with Crippen LogP contribution in [0.5, 0.6) is 0 Å². The number of carbonyl (C=O) groups excluding carboxylic acids is 1. The molecule has 164 valence electrons. The Balaban J connectivity index is 1.68. The van der Waals surface area contributed by atoms with E-state index in [-0.39, 0.29) is 17.5 Å². The highest BCUT2D eigenvalue weighted by atomic mass is 32.2. The Labute approximate surface area is 185 Å². The first-order chi connectivity index (χ1) is 14.8. The Bertz CT molecular complexity index is 1230. The van der Waals surface area contributed by atoms with Gasteiger partial charge in [-0.2, -0.15) is 0 Å². The molecule has 0 bridgehead atoms. The summed E-state index contributed by atoms with van der Waals surface area (Å²) in [5.41, 5.74) is 7.74. The molecule has 1 saturated heterocycles. The van der Waals surface area contributed by atoms with Crippen molar-refractivity contribution in [1.29, 1.82) is 0 Å². The number of carbonyl (C=O) groups is 1. The summed E-state index contributed by atoms with van der Waals surface area (Å²) in [7, 11) is -3.19. The van der Waals surface area contributed by atoms with E-state index in [4.69, 9.17) is 5.73 Å². The maximum atomic E-state index is 13.6. The van der Waals surface area contributed by atoms with Crippen molar-refractivity contribution in [1.82, 2.24) is 9.29 Å². The van der Waals surface area contributed by atoms with Gasteiger partial charge in [0.05, 0.1) is 16.8 Å². The van der Waals surface area contributed by atoms with Crippen LogP contribution in [0.3, 0.4) is 0 Å². The molecule has 1 aromatic heterocycles. The van der Waals surface area contributed by atoms with Crippen LogP contribution in [0.1, 0.15) is 41.6 Å². The van der Waals surface area contributed by atoms with Crippen molar-refractivity contribution < 1.29 is 17.6 Å². The fourth-order valence-electron chi connectivity index (χ4n) is 4.11. The van der Waals surface area contributed by atoms with E-state index in [2.05, 4.69) is 4.98 Å². The highest BCUT2D eigenvalue weighted by Gasteiger charge is 2.29. The Morgan fingerprint density at radius 3 is 2.61 bits per heavy atom. The van der Waals surface area contributed by atoms with Crippen LogP contribution in [0, 0.1) is 5.82 Å². The van der Waals surface area contributed by atoms with Gasteiger partial charge < -0.3 is 10.7 Å². The number of aromatic nitrogens is 1. The van der Waals surface area contributed by atoms with E-state index in [1.54, 1.807) is 23.4 Å². The van der Waals surface area contributed by atoms with Crippen molar-refractivity contribution in [2.45, 2.75) is 35.5 Å². The van der Waals surface area contributed by atoms with E-state index in [0.717, 1.165) is 20.7 Å². The van der Waals surface area contributed by atoms with E-state index >= 15 is 0 Å². The minimum absolute atomic E-state index is 0.105. The summed E-state index contributed by atoms with van der Waals surface area (Å²) in [6.45, 7) is 2.62. The van der Waals surface area contributed by atoms with Gasteiger partial charge in [-0.25, -0.2) is 17.1 Å². The number of nitrogens with zero attached hydrogens (tertiary/aromatic N) is 1. The lowest BCUT2D eigenvalue weighted by Crippen LogP contribution is -2.38. The van der Waals surface area contributed by atoms with Gasteiger partial charge in [-0.1, -0.05) is 17.8 Å². The Hall–Kier alpha value is -2.36. The molecule has 1 aliphatic rings. The third kappa shape index (κ3) is 4.49. The molecule has 0 aliphatic carbocycles. The molecule has 3 aromatic rings. The zero-order chi connectivity index (χ0) is 22.2. The molecular weight excluding hydrogens is 437 g/mol. The van der Waals surface area contributed by atoms with Gasteiger partial charge in [0, 0.05) is 34.5 Å². The molecule has 0 unspecified atom stereocenters. The van der Waals surface area contributed by atoms with Crippen LogP contribution in [0.25, 0.3) is 10.9 Å². The van der Waals surface area contributed by atoms with Crippen molar-refractivity contribution in [3.05, 3.63) is 59.5 Å². The largest absolute Gasteiger partial charge is 0.366 e. The smallest absolute Gasteiger partial charge is 0.250 e. The molecule has 1 fully saturated rings. The van der Waals surface area contributed by atoms with Crippen LogP contribution >= 0.6 is 11.8 Å². The van der Waals surface area contributed by atoms with Crippen molar-refractivity contribution in [2.24, 2.45) is 5.73 Å². The summed E-state index contributed by atoms with van der Waals surface area (Å²) in [5.74, 6) is -0.582. The Morgan fingerprint density at radius 2 is 1.97 bits per heavy atom. The number of nitrogens with one attached hydrogen (secondary N) is 1. The minimum Gasteiger partial charge on any atom is -0.366 e. The number of sulfonamides is 1. The van der Waals surface area contributed by atoms with Crippen LogP contribution in [-0.2, 0) is 10.0 Å². The molecule has 0 saturated carbocycles. The molecule has 6 nitrogen and oxygen atoms in total. The summed E-state index contributed by atoms with van der Waals surface area (Å²) in [5, 5.41) is 0.895. The first-order valence-corrected chi connectivity index (χ1v) is 12.6. The van der Waals surface area contributed by atoms with E-state index in [9.17, 15) is 17.6 Å². The van der Waals surface area contributed by atoms with E-state index in [1.165, 1.54) is 23.9 Å². The van der Waals surface area contributed by atoms with Gasteiger partial charge in [-0.15, -0.1) is 0 Å². The van der Waals surface area contributed by atoms with Crippen molar-refractivity contribution in [3.63, 3.8) is 0 Å². The van der Waals surface area contributed by atoms with Gasteiger partial charge in [0.25, 0.3) is 5.91 Å². The zero-order valence-electron chi connectivity index (χ0n) is 17.1. The fraction of sp³-hybridized carbons (Fsp3) is 0.318. The lowest BCUT2D eigenvalue weighted by atomic mass is 9.89. The number of fused-ring (bicyclic) bond motifs is 1. The summed E-state index contributed by atoms with van der Waals surface area (Å²) in [6, 6.07) is 9.99. The second-order valence-electron chi connectivity index (χ2n) is 7.63. The van der Waals surface area contributed by atoms with Gasteiger partial charge in [0.1, 0.15) is 5.82 Å². The topological polar surface area (TPSA) is 96.3 Å². The number of rotatable bonds is 6. The number of H-pyrrole nitrogens is 1. The lowest BCUT2D eigenvalue weighted by molar-refractivity contribution is 0.100. The number of piperidine rings is 1. The molecule has 4 rings (SSSR count). The van der Waals surface area contributed by atoms with Crippen molar-refractivity contribution in [3.8, 4) is 0 Å². The van der Waals surface area contributed by atoms with Gasteiger partial charge >= 0.3 is 0 Å². The average Bonchev–Trinajstić information content (AvgIpc) is 3.17. The van der Waals surface area contributed by atoms with Gasteiger partial charge in [-0.3, -0.25) is 4.79 Å². The zero-order valence-corrected chi connectivity index (χ0v) is 18.7. The predicted octanol–water partition coefficient (Wildman–Crippen LogP) is 4.09. The highest BCUT2D eigenvalue weighted by Crippen LogP contribution is 2.38. The minimum atomic E-state index is -3.19. The quantitative estimate of drug-likeness (QED) is 0.578. The molecule has 3 N–H and O–H groups in total. The van der Waals surface area contributed by atoms with Crippen molar-refractivity contribution >= 4 is 38.6 Å². The second kappa shape index (κ2) is 8.64. The number of hydrogen-bond donors (Lipinski definition) is 2. The van der Waals surface area contributed by atoms with Crippen molar-refractivity contribution in [2.75, 3.05) is 18.8 Å². The molecule has 31 heavy (non-hydrogen) atoms. The number of benzene rings is 2. The standard InChI is InChI=1S/C22H24FN3O3S2/c1-2-31(28,29)26-8-6-14(7-9-26)20-13-25-21-18(20)11-17(12-19(21)22(24)27)30-16-5-3-4-15(23)10-16/h3-5,10-14,25H,2,6-9H2,1H3,(H2,24,27). The van der Waals surface area contributed by atoms with Gasteiger partial charge in [0.15, 0.2) is 0 Å². The van der Waals surface area contributed by atoms with E-state index in [1.807, 2.05) is 18.3 Å². The molecule has 0 atom stereocenters. The molecule has 9 heteroatoms. The Kier molecular flexibility index (Phi) is 6.09. The summed E-state index contributed by atoms with van der Waals surface area (Å²) >= 11 is 1.36. The van der Waals surface area contributed by atoms with Gasteiger partial charge in [-0.05, 0) is 61.6 Å². The average molecular weight is 462 g/mol. The summed E-state index contributed by atoms with van der Waals surface area (Å²) < 4.78 is 39.5. The predicted molar refractivity (Wildman–Crippen MR) is 120 cm³/mol. The molecule has 0 spiro atoms. The summed E-state index contributed by atoms with van der Waals surface area (Å²) in [6.07, 6.45) is 3.31. The maximum Gasteiger partial charge on any atom is 0.250 e. The number of amides is 1. The number of aromatic amines is 1. The third-order valence-corrected chi connectivity index (χ3v) is 8.59. The third-order valence-electron chi connectivity index (χ3n) is 5.74. The monoisotopic (exact) mass is 461 g/mol. The molecule has 2 heterocycles. The SMILES string of the molecule is CCS(=O)(=O)N1CCC(c2c[nH]c3c(C(N)=O)cc(Sc4cccc(F)c4)cc23)CC1. The van der Waals surface area contributed by atoms with E-state index in [0.29, 0.717) is 37.0 Å². The first kappa shape index (κ1) is 21.9. The molecule has 2 aromatic carbocycles. The lowest BCUT2D eigenvalue weighted by Gasteiger charge is -2.31. The number of halogens is 1. The highest BCUT2D eigenvalue weighted by molar-refractivity contribution is 7.99. The molecule has 0 radical (unpaired) electrons. The fourth-order valence-corrected chi connectivity index (χ4v) is 6.19. The van der Waals surface area contributed by atoms with Crippen LogP contribution in [0.2, 0.25) is 0 Å². The Morgan fingerprint density at radius 1 is 1.23 bits per heavy atom. The second-order valence-corrected chi connectivity index (χ2v) is 11.0. The van der Waals surface area contributed by atoms with Crippen LogP contribution in [-0.4, -0.2) is 42.5 Å². The molecule has 1 amide bonds. The van der Waals surface area contributed by atoms with E-state index < -0.39 is 15.9 Å². The molecular formula is C22H24FN3O3S2. The normalized spacial score (nSPS) is 16.1. The number of hydrogen-bond acceptors (Lipinski definition) is 4. The summed E-state index contributed by atoms with van der Waals surface area (Å²) in [4.78, 5) is 16.8. The van der Waals surface area contributed by atoms with Crippen LogP contribution in [0.15, 0.2) is 52.4 Å². The van der Waals surface area contributed by atoms with Crippen LogP contribution in [0.4, 0.5) is 4.39 Å². The van der Waals surface area contributed by atoms with Gasteiger partial charge in [0.2, 0.25) is 10.0 Å². The number of primary amides is 1. The first-order valence-electron chi connectivity index (χ1n) is 10.1. The van der Waals surface area contributed by atoms with Crippen LogP contribution < -0.4 is 5.73 Å².